The van der Waals surface area contributed by atoms with Crippen molar-refractivity contribution in [2.75, 3.05) is 0 Å². The number of rotatable bonds is 1. The standard InChI is InChI=1S/C9H6FNO/c10-8-3-1-2-7(6-8)9-4-5-12-11-9/h1-6H/i5D. The molecule has 0 aliphatic rings. The van der Waals surface area contributed by atoms with Crippen LogP contribution in [0, 0.1) is 5.82 Å². The molecular formula is C9H6FNO. The molecule has 0 N–H and O–H groups in total. The van der Waals surface area contributed by atoms with Gasteiger partial charge in [0.2, 0.25) is 0 Å². The molecule has 0 fully saturated rings. The molecule has 0 spiro atoms. The molecule has 0 saturated heterocycles. The number of nitrogens with zero attached hydrogens (tertiary/aromatic N) is 1. The summed E-state index contributed by atoms with van der Waals surface area (Å²) in [4.78, 5) is 0. The van der Waals surface area contributed by atoms with E-state index in [4.69, 9.17) is 1.37 Å². The van der Waals surface area contributed by atoms with Gasteiger partial charge < -0.3 is 4.52 Å². The van der Waals surface area contributed by atoms with Crippen molar-refractivity contribution in [1.29, 1.82) is 0 Å². The molecule has 3 heteroatoms. The smallest absolute Gasteiger partial charge is 0.124 e. The van der Waals surface area contributed by atoms with Gasteiger partial charge in [0, 0.05) is 11.6 Å². The maximum Gasteiger partial charge on any atom is 0.124 e. The third-order valence-electron chi connectivity index (χ3n) is 1.51. The van der Waals surface area contributed by atoms with Crippen LogP contribution < -0.4 is 0 Å². The van der Waals surface area contributed by atoms with Gasteiger partial charge in [-0.25, -0.2) is 4.39 Å². The second-order valence-corrected chi connectivity index (χ2v) is 2.34. The first-order valence-corrected chi connectivity index (χ1v) is 3.45. The van der Waals surface area contributed by atoms with Crippen molar-refractivity contribution >= 4 is 0 Å². The van der Waals surface area contributed by atoms with Crippen LogP contribution in [-0.4, -0.2) is 5.16 Å². The Labute approximate surface area is 70.0 Å². The van der Waals surface area contributed by atoms with Crippen LogP contribution >= 0.6 is 0 Å². The Bertz CT molecular complexity index is 427. The first kappa shape index (κ1) is 5.94. The Morgan fingerprint density at radius 3 is 3.00 bits per heavy atom. The Hall–Kier alpha value is -1.64. The molecule has 12 heavy (non-hydrogen) atoms. The van der Waals surface area contributed by atoms with E-state index in [0.29, 0.717) is 11.3 Å². The molecule has 0 radical (unpaired) electrons. The summed E-state index contributed by atoms with van der Waals surface area (Å²) < 4.78 is 24.4. The van der Waals surface area contributed by atoms with E-state index in [-0.39, 0.29) is 12.1 Å². The van der Waals surface area contributed by atoms with Gasteiger partial charge in [-0.05, 0) is 12.1 Å². The molecule has 2 aromatic rings. The molecule has 0 amide bonds. The molecule has 1 heterocycles. The van der Waals surface area contributed by atoms with E-state index in [1.165, 1.54) is 18.2 Å². The van der Waals surface area contributed by atoms with Crippen molar-refractivity contribution in [2.24, 2.45) is 0 Å². The normalized spacial score (nSPS) is 11.2. The van der Waals surface area contributed by atoms with E-state index >= 15 is 0 Å². The van der Waals surface area contributed by atoms with Gasteiger partial charge in [-0.15, -0.1) is 0 Å². The number of benzene rings is 1. The van der Waals surface area contributed by atoms with Crippen molar-refractivity contribution in [3.8, 4) is 11.3 Å². The van der Waals surface area contributed by atoms with E-state index in [0.717, 1.165) is 0 Å². The van der Waals surface area contributed by atoms with Crippen molar-refractivity contribution in [1.82, 2.24) is 5.16 Å². The van der Waals surface area contributed by atoms with Gasteiger partial charge in [-0.1, -0.05) is 17.3 Å². The molecule has 0 aliphatic heterocycles. The van der Waals surface area contributed by atoms with Crippen LogP contribution in [0.4, 0.5) is 4.39 Å². The average molecular weight is 164 g/mol. The topological polar surface area (TPSA) is 26.0 Å². The lowest BCUT2D eigenvalue weighted by atomic mass is 10.1. The van der Waals surface area contributed by atoms with E-state index < -0.39 is 0 Å². The molecule has 1 aromatic carbocycles. The summed E-state index contributed by atoms with van der Waals surface area (Å²) in [5, 5.41) is 3.60. The van der Waals surface area contributed by atoms with Gasteiger partial charge in [0.05, 0.1) is 0 Å². The summed E-state index contributed by atoms with van der Waals surface area (Å²) in [6.45, 7) is 0. The van der Waals surface area contributed by atoms with E-state index in [2.05, 4.69) is 9.68 Å². The molecule has 2 rings (SSSR count). The predicted molar refractivity (Wildman–Crippen MR) is 41.9 cm³/mol. The van der Waals surface area contributed by atoms with Crippen molar-refractivity contribution in [2.45, 2.75) is 0 Å². The fourth-order valence-corrected chi connectivity index (χ4v) is 0.968. The molecule has 0 aliphatic carbocycles. The lowest BCUT2D eigenvalue weighted by Gasteiger charge is -1.93. The minimum atomic E-state index is -0.327. The summed E-state index contributed by atoms with van der Waals surface area (Å²) in [5.74, 6) is -0.327. The molecule has 0 atom stereocenters. The highest BCUT2D eigenvalue weighted by atomic mass is 19.1. The highest BCUT2D eigenvalue weighted by molar-refractivity contribution is 5.57. The molecule has 1 aromatic heterocycles. The summed E-state index contributed by atoms with van der Waals surface area (Å²) in [7, 11) is 0. The molecule has 0 bridgehead atoms. The largest absolute Gasteiger partial charge is 0.364 e. The van der Waals surface area contributed by atoms with Crippen LogP contribution in [0.1, 0.15) is 1.37 Å². The van der Waals surface area contributed by atoms with E-state index in [9.17, 15) is 4.39 Å². The SMILES string of the molecule is [2H]c1cc(-c2cccc(F)c2)no1. The van der Waals surface area contributed by atoms with Crippen LogP contribution in [0.5, 0.6) is 0 Å². The lowest BCUT2D eigenvalue weighted by Crippen LogP contribution is -1.78. The minimum absolute atomic E-state index is 0.0285. The third kappa shape index (κ3) is 1.21. The van der Waals surface area contributed by atoms with Gasteiger partial charge in [-0.2, -0.15) is 0 Å². The zero-order valence-corrected chi connectivity index (χ0v) is 6.12. The Kier molecular flexibility index (Phi) is 1.37. The van der Waals surface area contributed by atoms with Crippen LogP contribution in [-0.2, 0) is 0 Å². The third-order valence-corrected chi connectivity index (χ3v) is 1.51. The van der Waals surface area contributed by atoms with E-state index in [1.807, 2.05) is 0 Å². The Morgan fingerprint density at radius 2 is 2.33 bits per heavy atom. The van der Waals surface area contributed by atoms with Crippen molar-refractivity contribution < 1.29 is 10.3 Å². The molecular weight excluding hydrogens is 157 g/mol. The molecule has 60 valence electrons. The van der Waals surface area contributed by atoms with Crippen molar-refractivity contribution in [3.63, 3.8) is 0 Å². The van der Waals surface area contributed by atoms with Gasteiger partial charge >= 0.3 is 0 Å². The maximum atomic E-state index is 12.8. The van der Waals surface area contributed by atoms with Crippen LogP contribution in [0.2, 0.25) is 0 Å². The zero-order chi connectivity index (χ0) is 9.26. The number of halogens is 1. The van der Waals surface area contributed by atoms with Gasteiger partial charge in [-0.3, -0.25) is 0 Å². The summed E-state index contributed by atoms with van der Waals surface area (Å²) in [6.07, 6.45) is -0.0285. The Morgan fingerprint density at radius 1 is 1.42 bits per heavy atom. The first-order chi connectivity index (χ1) is 6.25. The summed E-state index contributed by atoms with van der Waals surface area (Å²) in [5.41, 5.74) is 1.09. The van der Waals surface area contributed by atoms with Gasteiger partial charge in [0.1, 0.15) is 19.1 Å². The summed E-state index contributed by atoms with van der Waals surface area (Å²) >= 11 is 0. The zero-order valence-electron chi connectivity index (χ0n) is 7.12. The highest BCUT2D eigenvalue weighted by Gasteiger charge is 2.00. The average Bonchev–Trinajstić information content (AvgIpc) is 2.52. The predicted octanol–water partition coefficient (Wildman–Crippen LogP) is 2.48. The number of aromatic nitrogens is 1. The molecule has 2 nitrogen and oxygen atoms in total. The fourth-order valence-electron chi connectivity index (χ4n) is 0.968. The quantitative estimate of drug-likeness (QED) is 0.647. The summed E-state index contributed by atoms with van der Waals surface area (Å²) in [6, 6.07) is 7.43. The minimum Gasteiger partial charge on any atom is -0.364 e. The number of hydrogen-bond acceptors (Lipinski definition) is 2. The second-order valence-electron chi connectivity index (χ2n) is 2.34. The van der Waals surface area contributed by atoms with Crippen molar-refractivity contribution in [3.05, 3.63) is 42.4 Å². The first-order valence-electron chi connectivity index (χ1n) is 3.95. The Balaban J connectivity index is 2.46. The van der Waals surface area contributed by atoms with Crippen LogP contribution in [0.15, 0.2) is 41.1 Å². The molecule has 0 unspecified atom stereocenters. The lowest BCUT2D eigenvalue weighted by molar-refractivity contribution is 0.422. The maximum absolute atomic E-state index is 12.8. The number of hydrogen-bond donors (Lipinski definition) is 0. The fraction of sp³-hybridized carbons (Fsp3) is 0. The van der Waals surface area contributed by atoms with Gasteiger partial charge in [0.15, 0.2) is 0 Å². The monoisotopic (exact) mass is 164 g/mol. The second kappa shape index (κ2) is 2.77. The molecule has 0 saturated carbocycles. The van der Waals surface area contributed by atoms with Gasteiger partial charge in [0.25, 0.3) is 0 Å². The van der Waals surface area contributed by atoms with E-state index in [1.54, 1.807) is 12.1 Å². The van der Waals surface area contributed by atoms with Crippen LogP contribution in [0.3, 0.4) is 0 Å². The van der Waals surface area contributed by atoms with Crippen LogP contribution in [0.25, 0.3) is 11.3 Å². The highest BCUT2D eigenvalue weighted by Crippen LogP contribution is 2.16.